The van der Waals surface area contributed by atoms with Crippen molar-refractivity contribution < 1.29 is 14.3 Å². The highest BCUT2D eigenvalue weighted by Gasteiger charge is 2.12. The van der Waals surface area contributed by atoms with E-state index in [1.54, 1.807) is 19.4 Å². The number of benzene rings is 1. The molecule has 0 fully saturated rings. The molecule has 1 heterocycles. The minimum Gasteiger partial charge on any atom is -0.478 e. The lowest BCUT2D eigenvalue weighted by Gasteiger charge is -2.09. The zero-order valence-corrected chi connectivity index (χ0v) is 9.38. The van der Waals surface area contributed by atoms with Gasteiger partial charge in [0.25, 0.3) is 0 Å². The largest absolute Gasteiger partial charge is 0.478 e. The van der Waals surface area contributed by atoms with Crippen LogP contribution in [0, 0.1) is 0 Å². The Hall–Kier alpha value is -2.07. The molecule has 0 saturated carbocycles. The molecule has 0 aliphatic rings. The lowest BCUT2D eigenvalue weighted by atomic mass is 10.1. The van der Waals surface area contributed by atoms with Gasteiger partial charge in [0.15, 0.2) is 0 Å². The zero-order chi connectivity index (χ0) is 12.3. The van der Waals surface area contributed by atoms with E-state index in [1.165, 1.54) is 0 Å². The van der Waals surface area contributed by atoms with Gasteiger partial charge < -0.3 is 14.8 Å². The van der Waals surface area contributed by atoms with Crippen molar-refractivity contribution in [3.8, 4) is 0 Å². The molecule has 2 aromatic rings. The summed E-state index contributed by atoms with van der Waals surface area (Å²) >= 11 is 0. The van der Waals surface area contributed by atoms with Gasteiger partial charge in [-0.3, -0.25) is 0 Å². The minimum absolute atomic E-state index is 0.172. The molecule has 1 aromatic heterocycles. The fourth-order valence-electron chi connectivity index (χ4n) is 1.77. The molecule has 2 rings (SSSR count). The Balaban J connectivity index is 2.40. The number of hydrogen-bond donors (Lipinski definition) is 2. The summed E-state index contributed by atoms with van der Waals surface area (Å²) in [6.45, 7) is 0. The molecule has 1 unspecified atom stereocenters. The first-order valence-electron chi connectivity index (χ1n) is 5.27. The summed E-state index contributed by atoms with van der Waals surface area (Å²) in [6, 6.07) is 7.49. The van der Waals surface area contributed by atoms with E-state index >= 15 is 0 Å². The van der Waals surface area contributed by atoms with E-state index in [2.05, 4.69) is 5.32 Å². The Morgan fingerprint density at radius 2 is 2.24 bits per heavy atom. The van der Waals surface area contributed by atoms with E-state index in [0.29, 0.717) is 0 Å². The van der Waals surface area contributed by atoms with Gasteiger partial charge in [-0.15, -0.1) is 0 Å². The van der Waals surface area contributed by atoms with Crippen molar-refractivity contribution in [2.75, 3.05) is 7.05 Å². The number of carbonyl (C=O) groups is 1. The van der Waals surface area contributed by atoms with Crippen LogP contribution in [0.3, 0.4) is 0 Å². The molecule has 0 aliphatic heterocycles. The highest BCUT2D eigenvalue weighted by molar-refractivity contribution is 5.83. The molecule has 17 heavy (non-hydrogen) atoms. The molecule has 0 amide bonds. The predicted molar refractivity (Wildman–Crippen MR) is 64.8 cm³/mol. The van der Waals surface area contributed by atoms with Gasteiger partial charge in [0.2, 0.25) is 0 Å². The Morgan fingerprint density at radius 3 is 2.94 bits per heavy atom. The number of fused-ring (bicyclic) bond motifs is 1. The Bertz CT molecular complexity index is 557. The lowest BCUT2D eigenvalue weighted by Crippen LogP contribution is -2.13. The van der Waals surface area contributed by atoms with Gasteiger partial charge in [0.05, 0.1) is 12.3 Å². The minimum atomic E-state index is -0.960. The third-order valence-corrected chi connectivity index (χ3v) is 2.59. The van der Waals surface area contributed by atoms with Gasteiger partial charge in [-0.05, 0) is 13.1 Å². The first kappa shape index (κ1) is 11.4. The molecular weight excluding hydrogens is 218 g/mol. The fraction of sp³-hybridized carbons (Fsp3) is 0.154. The molecular formula is C13H13NO3. The second-order valence-corrected chi connectivity index (χ2v) is 3.65. The van der Waals surface area contributed by atoms with E-state index in [1.807, 2.05) is 24.3 Å². The second-order valence-electron chi connectivity index (χ2n) is 3.65. The molecule has 0 aliphatic carbocycles. The molecule has 0 spiro atoms. The summed E-state index contributed by atoms with van der Waals surface area (Å²) < 4.78 is 5.42. The maximum absolute atomic E-state index is 10.5. The van der Waals surface area contributed by atoms with Crippen LogP contribution in [-0.2, 0) is 4.79 Å². The molecule has 1 atom stereocenters. The van der Waals surface area contributed by atoms with Crippen LogP contribution < -0.4 is 5.32 Å². The van der Waals surface area contributed by atoms with E-state index in [4.69, 9.17) is 9.52 Å². The molecule has 2 N–H and O–H groups in total. The van der Waals surface area contributed by atoms with Crippen molar-refractivity contribution in [3.63, 3.8) is 0 Å². The lowest BCUT2D eigenvalue weighted by molar-refractivity contribution is -0.131. The number of likely N-dealkylation sites (N-methyl/N-ethyl adjacent to an activating group) is 1. The molecule has 4 nitrogen and oxygen atoms in total. The van der Waals surface area contributed by atoms with E-state index < -0.39 is 5.97 Å². The number of hydrogen-bond acceptors (Lipinski definition) is 3. The van der Waals surface area contributed by atoms with Gasteiger partial charge in [0.1, 0.15) is 5.58 Å². The quantitative estimate of drug-likeness (QED) is 0.793. The predicted octanol–water partition coefficient (Wildman–Crippen LogP) is 2.33. The maximum Gasteiger partial charge on any atom is 0.328 e. The Morgan fingerprint density at radius 1 is 1.47 bits per heavy atom. The van der Waals surface area contributed by atoms with Crippen molar-refractivity contribution in [2.24, 2.45) is 0 Å². The van der Waals surface area contributed by atoms with Crippen LogP contribution in [0.25, 0.3) is 11.0 Å². The average Bonchev–Trinajstić information content (AvgIpc) is 2.74. The molecule has 0 bridgehead atoms. The van der Waals surface area contributed by atoms with E-state index in [0.717, 1.165) is 22.6 Å². The number of nitrogens with one attached hydrogen (secondary N) is 1. The summed E-state index contributed by atoms with van der Waals surface area (Å²) in [4.78, 5) is 10.5. The van der Waals surface area contributed by atoms with Crippen LogP contribution in [0.15, 0.2) is 47.1 Å². The van der Waals surface area contributed by atoms with Crippen molar-refractivity contribution in [3.05, 3.63) is 48.2 Å². The second kappa shape index (κ2) is 4.84. The van der Waals surface area contributed by atoms with Crippen molar-refractivity contribution >= 4 is 16.9 Å². The maximum atomic E-state index is 10.5. The molecule has 0 saturated heterocycles. The summed E-state index contributed by atoms with van der Waals surface area (Å²) in [5.74, 6) is -0.960. The van der Waals surface area contributed by atoms with Gasteiger partial charge in [-0.2, -0.15) is 0 Å². The molecule has 4 heteroatoms. The van der Waals surface area contributed by atoms with Gasteiger partial charge in [0, 0.05) is 17.0 Å². The smallest absolute Gasteiger partial charge is 0.328 e. The number of carboxylic acids is 1. The Kier molecular flexibility index (Phi) is 3.25. The zero-order valence-electron chi connectivity index (χ0n) is 9.38. The summed E-state index contributed by atoms with van der Waals surface area (Å²) in [5, 5.41) is 12.7. The molecule has 88 valence electrons. The highest BCUT2D eigenvalue weighted by atomic mass is 16.4. The summed E-state index contributed by atoms with van der Waals surface area (Å²) in [5.41, 5.74) is 1.73. The number of furan rings is 1. The number of carboxylic acid groups (broad SMARTS) is 1. The normalized spacial score (nSPS) is 13.2. The Labute approximate surface area is 98.5 Å². The van der Waals surface area contributed by atoms with Crippen molar-refractivity contribution in [2.45, 2.75) is 6.04 Å². The standard InChI is InChI=1S/C13H13NO3/c1-14-11(6-7-13(15)16)10-8-17-12-5-3-2-4-9(10)12/h2-8,11,14H,1H3,(H,15,16)/b7-6+. The topological polar surface area (TPSA) is 62.5 Å². The van der Waals surface area contributed by atoms with Crippen LogP contribution in [0.4, 0.5) is 0 Å². The van der Waals surface area contributed by atoms with Crippen LogP contribution in [0.5, 0.6) is 0 Å². The monoisotopic (exact) mass is 231 g/mol. The number of para-hydroxylation sites is 1. The fourth-order valence-corrected chi connectivity index (χ4v) is 1.77. The van der Waals surface area contributed by atoms with E-state index in [9.17, 15) is 4.79 Å². The summed E-state index contributed by atoms with van der Waals surface area (Å²) in [7, 11) is 1.78. The van der Waals surface area contributed by atoms with Gasteiger partial charge in [-0.25, -0.2) is 4.79 Å². The van der Waals surface area contributed by atoms with Crippen LogP contribution in [-0.4, -0.2) is 18.1 Å². The third kappa shape index (κ3) is 2.37. The van der Waals surface area contributed by atoms with Gasteiger partial charge in [-0.1, -0.05) is 24.3 Å². The average molecular weight is 231 g/mol. The third-order valence-electron chi connectivity index (χ3n) is 2.59. The van der Waals surface area contributed by atoms with Crippen LogP contribution >= 0.6 is 0 Å². The van der Waals surface area contributed by atoms with Crippen molar-refractivity contribution in [1.82, 2.24) is 5.32 Å². The number of rotatable bonds is 4. The molecule has 1 aromatic carbocycles. The number of aliphatic carboxylic acids is 1. The van der Waals surface area contributed by atoms with Crippen LogP contribution in [0.2, 0.25) is 0 Å². The van der Waals surface area contributed by atoms with Gasteiger partial charge >= 0.3 is 5.97 Å². The van der Waals surface area contributed by atoms with E-state index in [-0.39, 0.29) is 6.04 Å². The van der Waals surface area contributed by atoms with Crippen LogP contribution in [0.1, 0.15) is 11.6 Å². The molecule has 0 radical (unpaired) electrons. The SMILES string of the molecule is CNC(/C=C/C(=O)O)c1coc2ccccc12. The highest BCUT2D eigenvalue weighted by Crippen LogP contribution is 2.26. The first-order chi connectivity index (χ1) is 8.22. The summed E-state index contributed by atoms with van der Waals surface area (Å²) in [6.07, 6.45) is 4.38. The first-order valence-corrected chi connectivity index (χ1v) is 5.27. The van der Waals surface area contributed by atoms with Crippen molar-refractivity contribution in [1.29, 1.82) is 0 Å².